The first-order valence-electron chi connectivity index (χ1n) is 9.37. The number of aromatic amines is 1. The minimum Gasteiger partial charge on any atom is -0.486 e. The van der Waals surface area contributed by atoms with Crippen LogP contribution in [0, 0.1) is 15.6 Å². The van der Waals surface area contributed by atoms with Crippen LogP contribution in [0.25, 0.3) is 0 Å². The molecule has 0 aliphatic carbocycles. The molecule has 1 aromatic carbocycles. The Morgan fingerprint density at radius 1 is 1.31 bits per heavy atom. The Kier molecular flexibility index (Phi) is 5.44. The molecule has 0 unspecified atom stereocenters. The molecular weight excluding hydrogens is 388 g/mol. The van der Waals surface area contributed by atoms with Gasteiger partial charge in [0.25, 0.3) is 0 Å². The lowest BCUT2D eigenvalue weighted by atomic mass is 9.81. The smallest absolute Gasteiger partial charge is 0.198 e. The van der Waals surface area contributed by atoms with Crippen molar-refractivity contribution in [3.63, 3.8) is 0 Å². The molecule has 0 bridgehead atoms. The van der Waals surface area contributed by atoms with Gasteiger partial charge < -0.3 is 30.4 Å². The lowest BCUT2D eigenvalue weighted by Gasteiger charge is -2.38. The van der Waals surface area contributed by atoms with Crippen LogP contribution >= 0.6 is 12.2 Å². The molecule has 8 nitrogen and oxygen atoms in total. The van der Waals surface area contributed by atoms with Crippen molar-refractivity contribution in [3.8, 4) is 17.2 Å². The molecule has 156 valence electrons. The monoisotopic (exact) mass is 416 g/mol. The van der Waals surface area contributed by atoms with Gasteiger partial charge in [0.05, 0.1) is 6.20 Å². The normalized spacial score (nSPS) is 12.9. The summed E-state index contributed by atoms with van der Waals surface area (Å²) in [5, 5.41) is 10.9. The molecule has 5 N–H and O–H groups in total. The molecular formula is C20H28N6O2S. The number of ether oxygens (including phenoxy) is 2. The average molecular weight is 417 g/mol. The van der Waals surface area contributed by atoms with Crippen molar-refractivity contribution in [2.45, 2.75) is 39.7 Å². The highest BCUT2D eigenvalue weighted by molar-refractivity contribution is 7.71. The molecule has 1 aromatic heterocycles. The fourth-order valence-electron chi connectivity index (χ4n) is 3.87. The molecule has 0 spiro atoms. The van der Waals surface area contributed by atoms with E-state index in [1.54, 1.807) is 11.1 Å². The van der Waals surface area contributed by atoms with Crippen molar-refractivity contribution >= 4 is 29.7 Å². The summed E-state index contributed by atoms with van der Waals surface area (Å²) >= 11 is 5.11. The van der Waals surface area contributed by atoms with Crippen molar-refractivity contribution in [1.82, 2.24) is 14.9 Å². The number of benzene rings is 1. The van der Waals surface area contributed by atoms with Gasteiger partial charge in [-0.05, 0) is 50.0 Å². The Hall–Kier alpha value is -2.81. The van der Waals surface area contributed by atoms with Crippen molar-refractivity contribution in [3.05, 3.63) is 29.2 Å². The Bertz CT molecular complexity index is 985. The maximum Gasteiger partial charge on any atom is 0.198 e. The molecule has 0 saturated heterocycles. The second-order valence-corrected chi connectivity index (χ2v) is 9.11. The molecule has 0 amide bonds. The summed E-state index contributed by atoms with van der Waals surface area (Å²) in [7, 11) is 1.82. The molecule has 9 heteroatoms. The van der Waals surface area contributed by atoms with E-state index in [4.69, 9.17) is 32.8 Å². The summed E-state index contributed by atoms with van der Waals surface area (Å²) in [5.74, 6) is 2.63. The number of guanidine groups is 1. The second-order valence-electron chi connectivity index (χ2n) is 8.73. The van der Waals surface area contributed by atoms with Crippen LogP contribution < -0.4 is 20.5 Å². The third kappa shape index (κ3) is 4.97. The number of rotatable bonds is 6. The highest BCUT2D eigenvalue weighted by Crippen LogP contribution is 2.46. The number of fused-ring (bicyclic) bond motifs is 2. The van der Waals surface area contributed by atoms with E-state index in [0.717, 1.165) is 12.1 Å². The first kappa shape index (κ1) is 20.9. The van der Waals surface area contributed by atoms with E-state index in [9.17, 15) is 0 Å². The fraction of sp³-hybridized carbons (Fsp3) is 0.450. The number of para-hydroxylation sites is 1. The summed E-state index contributed by atoms with van der Waals surface area (Å²) in [6.07, 6.45) is 2.35. The fourth-order valence-corrected chi connectivity index (χ4v) is 4.02. The number of hydrogen-bond donors (Lipinski definition) is 4. The number of anilines is 2. The van der Waals surface area contributed by atoms with Crippen LogP contribution in [0.15, 0.2) is 24.4 Å². The molecule has 0 atom stereocenters. The largest absolute Gasteiger partial charge is 0.486 e. The topological polar surface area (TPSA) is 112 Å². The summed E-state index contributed by atoms with van der Waals surface area (Å²) in [4.78, 5) is 8.80. The van der Waals surface area contributed by atoms with E-state index in [1.165, 1.54) is 0 Å². The Morgan fingerprint density at radius 2 is 2.03 bits per heavy atom. The molecule has 1 aliphatic rings. The average Bonchev–Trinajstić information content (AvgIpc) is 2.58. The minimum atomic E-state index is -0.469. The number of H-pyrrole nitrogens is 1. The van der Waals surface area contributed by atoms with Crippen LogP contribution in [0.1, 0.15) is 34.1 Å². The molecule has 0 fully saturated rings. The summed E-state index contributed by atoms with van der Waals surface area (Å²) in [6, 6.07) is 5.68. The quantitative estimate of drug-likeness (QED) is 0.268. The van der Waals surface area contributed by atoms with E-state index >= 15 is 0 Å². The molecule has 2 heterocycles. The van der Waals surface area contributed by atoms with E-state index in [-0.39, 0.29) is 11.4 Å². The summed E-state index contributed by atoms with van der Waals surface area (Å²) in [5.41, 5.74) is 5.75. The van der Waals surface area contributed by atoms with Gasteiger partial charge in [-0.3, -0.25) is 5.41 Å². The first-order chi connectivity index (χ1) is 13.5. The summed E-state index contributed by atoms with van der Waals surface area (Å²) < 4.78 is 12.7. The zero-order valence-corrected chi connectivity index (χ0v) is 18.2. The number of aromatic nitrogens is 2. The van der Waals surface area contributed by atoms with E-state index in [1.807, 2.05) is 25.2 Å². The van der Waals surface area contributed by atoms with Gasteiger partial charge in [-0.1, -0.05) is 19.9 Å². The maximum absolute atomic E-state index is 7.61. The number of hydrogen-bond acceptors (Lipinski definition) is 6. The van der Waals surface area contributed by atoms with Gasteiger partial charge in [-0.2, -0.15) is 0 Å². The van der Waals surface area contributed by atoms with Crippen molar-refractivity contribution in [1.29, 1.82) is 5.41 Å². The van der Waals surface area contributed by atoms with Crippen molar-refractivity contribution in [2.75, 3.05) is 18.9 Å². The third-order valence-corrected chi connectivity index (χ3v) is 4.81. The Morgan fingerprint density at radius 3 is 2.72 bits per heavy atom. The van der Waals surface area contributed by atoms with Crippen LogP contribution in [-0.2, 0) is 0 Å². The van der Waals surface area contributed by atoms with Gasteiger partial charge in [0.15, 0.2) is 28.0 Å². The van der Waals surface area contributed by atoms with Crippen molar-refractivity contribution in [2.24, 2.45) is 11.1 Å². The van der Waals surface area contributed by atoms with Gasteiger partial charge in [0.1, 0.15) is 17.0 Å². The molecule has 0 saturated carbocycles. The van der Waals surface area contributed by atoms with E-state index in [2.05, 4.69) is 43.0 Å². The van der Waals surface area contributed by atoms with E-state index < -0.39 is 5.60 Å². The number of nitrogens with two attached hydrogens (primary N) is 1. The SMILES string of the molecule is CN(CC(C)(C)CC(C)(C)Oc1cccc2c1Nc1[nH]c(=S)ncc1O2)C(=N)N. The Balaban J connectivity index is 1.80. The van der Waals surface area contributed by atoms with Crippen LogP contribution in [0.5, 0.6) is 17.2 Å². The standard InChI is InChI=1S/C20H28N6O2S/c1-19(2,11-26(5)17(21)22)10-20(3,4)28-13-8-6-7-12-15(13)24-16-14(27-12)9-23-18(29)25-16/h6-9H,10-11H2,1-5H3,(H3,21,22)(H2,23,24,25,29). The third-order valence-electron chi connectivity index (χ3n) is 4.60. The van der Waals surface area contributed by atoms with Crippen LogP contribution in [0.2, 0.25) is 0 Å². The zero-order chi connectivity index (χ0) is 21.4. The Labute approximate surface area is 175 Å². The summed E-state index contributed by atoms with van der Waals surface area (Å²) in [6.45, 7) is 9.04. The molecule has 1 aliphatic heterocycles. The lowest BCUT2D eigenvalue weighted by molar-refractivity contribution is 0.0505. The molecule has 3 rings (SSSR count). The predicted octanol–water partition coefficient (Wildman–Crippen LogP) is 4.39. The second kappa shape index (κ2) is 7.55. The van der Waals surface area contributed by atoms with Gasteiger partial charge in [0.2, 0.25) is 0 Å². The molecule has 29 heavy (non-hydrogen) atoms. The van der Waals surface area contributed by atoms with Crippen molar-refractivity contribution < 1.29 is 9.47 Å². The minimum absolute atomic E-state index is 0.0563. The van der Waals surface area contributed by atoms with Gasteiger partial charge >= 0.3 is 0 Å². The number of nitrogens with one attached hydrogen (secondary N) is 3. The first-order valence-corrected chi connectivity index (χ1v) is 9.78. The van der Waals surface area contributed by atoms with E-state index in [0.29, 0.717) is 34.4 Å². The van der Waals surface area contributed by atoms with Crippen LogP contribution in [0.4, 0.5) is 11.5 Å². The molecule has 2 aromatic rings. The highest BCUT2D eigenvalue weighted by Gasteiger charge is 2.33. The van der Waals surface area contributed by atoms with Gasteiger partial charge in [-0.15, -0.1) is 0 Å². The molecule has 0 radical (unpaired) electrons. The van der Waals surface area contributed by atoms with Crippen LogP contribution in [0.3, 0.4) is 0 Å². The number of nitrogens with zero attached hydrogens (tertiary/aromatic N) is 2. The zero-order valence-electron chi connectivity index (χ0n) is 17.4. The van der Waals surface area contributed by atoms with Gasteiger partial charge in [0, 0.05) is 13.6 Å². The maximum atomic E-state index is 7.61. The van der Waals surface area contributed by atoms with Crippen LogP contribution in [-0.4, -0.2) is 40.0 Å². The van der Waals surface area contributed by atoms with Gasteiger partial charge in [-0.25, -0.2) is 4.98 Å². The highest BCUT2D eigenvalue weighted by atomic mass is 32.1. The predicted molar refractivity (Wildman–Crippen MR) is 117 cm³/mol. The lowest BCUT2D eigenvalue weighted by Crippen LogP contribution is -2.43.